The van der Waals surface area contributed by atoms with Crippen molar-refractivity contribution in [1.82, 2.24) is 5.32 Å². The number of hydrogen-bond donors (Lipinski definition) is 1. The van der Waals surface area contributed by atoms with Crippen LogP contribution in [-0.2, 0) is 11.2 Å². The van der Waals surface area contributed by atoms with Crippen LogP contribution in [0.3, 0.4) is 0 Å². The Hall–Kier alpha value is -2.32. The van der Waals surface area contributed by atoms with Gasteiger partial charge in [0.1, 0.15) is 0 Å². The first-order valence-electron chi connectivity index (χ1n) is 10.0. The number of dihydropyridines is 1. The average molecular weight is 390 g/mol. The second-order valence-electron chi connectivity index (χ2n) is 9.00. The maximum Gasteiger partial charge on any atom is 0.162 e. The van der Waals surface area contributed by atoms with Crippen molar-refractivity contribution < 1.29 is 4.79 Å². The van der Waals surface area contributed by atoms with Crippen molar-refractivity contribution in [2.24, 2.45) is 5.41 Å². The van der Waals surface area contributed by atoms with E-state index in [0.29, 0.717) is 6.42 Å². The third-order valence-corrected chi connectivity index (χ3v) is 6.56. The topological polar surface area (TPSA) is 29.1 Å². The molecule has 0 radical (unpaired) electrons. The zero-order valence-corrected chi connectivity index (χ0v) is 17.1. The number of aryl methyl sites for hydroxylation is 1. The fraction of sp³-hybridized carbons (Fsp3) is 0.320. The van der Waals surface area contributed by atoms with Gasteiger partial charge in [-0.05, 0) is 53.5 Å². The molecule has 1 heterocycles. The minimum absolute atomic E-state index is 0.0142. The van der Waals surface area contributed by atoms with Crippen LogP contribution >= 0.6 is 11.6 Å². The molecule has 1 aliphatic heterocycles. The highest BCUT2D eigenvalue weighted by molar-refractivity contribution is 6.30. The molecule has 0 saturated carbocycles. The highest BCUT2D eigenvalue weighted by Crippen LogP contribution is 2.50. The molecule has 2 aromatic rings. The normalized spacial score (nSPS) is 23.0. The number of hydrogen-bond acceptors (Lipinski definition) is 2. The smallest absolute Gasteiger partial charge is 0.162 e. The number of ketones is 1. The Bertz CT molecular complexity index is 1040. The van der Waals surface area contributed by atoms with Crippen LogP contribution in [0.25, 0.3) is 5.70 Å². The molecule has 142 valence electrons. The zero-order chi connectivity index (χ0) is 19.5. The highest BCUT2D eigenvalue weighted by Gasteiger charge is 2.42. The molecule has 1 unspecified atom stereocenters. The second kappa shape index (κ2) is 6.35. The molecular formula is C25H24ClNO. The number of carbonyl (C=O) groups is 1. The Morgan fingerprint density at radius 2 is 1.75 bits per heavy atom. The predicted molar refractivity (Wildman–Crippen MR) is 114 cm³/mol. The van der Waals surface area contributed by atoms with Crippen LogP contribution in [0.2, 0.25) is 5.02 Å². The van der Waals surface area contributed by atoms with Crippen molar-refractivity contribution in [1.29, 1.82) is 0 Å². The van der Waals surface area contributed by atoms with Crippen molar-refractivity contribution in [3.05, 3.63) is 87.1 Å². The first-order valence-corrected chi connectivity index (χ1v) is 10.4. The maximum atomic E-state index is 13.3. The number of Topliss-reactive ketones (excluding diaryl/α,β-unsaturated/α-hetero) is 1. The molecule has 2 nitrogen and oxygen atoms in total. The predicted octanol–water partition coefficient (Wildman–Crippen LogP) is 6.03. The van der Waals surface area contributed by atoms with Crippen LogP contribution in [0.5, 0.6) is 0 Å². The molecule has 2 aromatic carbocycles. The molecule has 3 heteroatoms. The SMILES string of the molecule is CC1(C)CC(=O)C2=C(C1)NC1=C(CCc3ccccc31)C2c1ccc(Cl)cc1. The number of carbonyl (C=O) groups excluding carboxylic acids is 1. The third kappa shape index (κ3) is 2.82. The van der Waals surface area contributed by atoms with Crippen molar-refractivity contribution in [2.75, 3.05) is 0 Å². The zero-order valence-electron chi connectivity index (χ0n) is 16.3. The molecule has 0 fully saturated rings. The first kappa shape index (κ1) is 17.8. The number of nitrogens with one attached hydrogen (secondary N) is 1. The fourth-order valence-corrected chi connectivity index (χ4v) is 5.24. The van der Waals surface area contributed by atoms with Gasteiger partial charge < -0.3 is 5.32 Å². The summed E-state index contributed by atoms with van der Waals surface area (Å²) in [5.41, 5.74) is 8.45. The van der Waals surface area contributed by atoms with Crippen LogP contribution in [-0.4, -0.2) is 5.78 Å². The Labute approximate surface area is 171 Å². The van der Waals surface area contributed by atoms with E-state index in [1.807, 2.05) is 12.1 Å². The Morgan fingerprint density at radius 1 is 1.00 bits per heavy atom. The summed E-state index contributed by atoms with van der Waals surface area (Å²) in [5, 5.41) is 4.45. The molecule has 2 aliphatic carbocycles. The summed E-state index contributed by atoms with van der Waals surface area (Å²) in [6, 6.07) is 16.7. The molecule has 0 aromatic heterocycles. The van der Waals surface area contributed by atoms with E-state index in [1.165, 1.54) is 28.0 Å². The van der Waals surface area contributed by atoms with Gasteiger partial charge in [-0.15, -0.1) is 0 Å². The molecule has 3 aliphatic rings. The van der Waals surface area contributed by atoms with E-state index in [0.717, 1.165) is 35.6 Å². The summed E-state index contributed by atoms with van der Waals surface area (Å²) in [6.45, 7) is 4.37. The Balaban J connectivity index is 1.72. The monoisotopic (exact) mass is 389 g/mol. The lowest BCUT2D eigenvalue weighted by atomic mass is 9.66. The van der Waals surface area contributed by atoms with E-state index in [-0.39, 0.29) is 17.1 Å². The largest absolute Gasteiger partial charge is 0.358 e. The summed E-state index contributed by atoms with van der Waals surface area (Å²) >= 11 is 6.16. The molecule has 0 amide bonds. The Morgan fingerprint density at radius 3 is 2.54 bits per heavy atom. The molecule has 1 N–H and O–H groups in total. The number of halogens is 1. The molecule has 5 rings (SSSR count). The van der Waals surface area contributed by atoms with Crippen molar-refractivity contribution in [3.63, 3.8) is 0 Å². The van der Waals surface area contributed by atoms with E-state index < -0.39 is 0 Å². The van der Waals surface area contributed by atoms with Crippen LogP contribution in [0.1, 0.15) is 55.7 Å². The van der Waals surface area contributed by atoms with E-state index in [1.54, 1.807) is 0 Å². The third-order valence-electron chi connectivity index (χ3n) is 6.31. The quantitative estimate of drug-likeness (QED) is 0.645. The molecule has 28 heavy (non-hydrogen) atoms. The van der Waals surface area contributed by atoms with Crippen LogP contribution < -0.4 is 5.32 Å². The number of fused-ring (bicyclic) bond motifs is 2. The van der Waals surface area contributed by atoms with Gasteiger partial charge in [0.15, 0.2) is 5.78 Å². The Kier molecular flexibility index (Phi) is 4.03. The van der Waals surface area contributed by atoms with E-state index >= 15 is 0 Å². The summed E-state index contributed by atoms with van der Waals surface area (Å²) in [6.07, 6.45) is 3.50. The van der Waals surface area contributed by atoms with E-state index in [2.05, 4.69) is 55.6 Å². The number of allylic oxidation sites excluding steroid dienone is 3. The van der Waals surface area contributed by atoms with Gasteiger partial charge in [0.05, 0.1) is 0 Å². The molecule has 1 atom stereocenters. The molecular weight excluding hydrogens is 366 g/mol. The minimum atomic E-state index is -0.0142. The first-order chi connectivity index (χ1) is 13.4. The van der Waals surface area contributed by atoms with E-state index in [4.69, 9.17) is 11.6 Å². The average Bonchev–Trinajstić information content (AvgIpc) is 2.66. The van der Waals surface area contributed by atoms with Crippen molar-refractivity contribution >= 4 is 23.1 Å². The van der Waals surface area contributed by atoms with Crippen molar-refractivity contribution in [3.8, 4) is 0 Å². The van der Waals surface area contributed by atoms with Crippen LogP contribution in [0.15, 0.2) is 65.4 Å². The van der Waals surface area contributed by atoms with E-state index in [9.17, 15) is 4.79 Å². The van der Waals surface area contributed by atoms with Gasteiger partial charge in [-0.1, -0.05) is 61.8 Å². The summed E-state index contributed by atoms with van der Waals surface area (Å²) in [7, 11) is 0. The molecule has 0 bridgehead atoms. The lowest BCUT2D eigenvalue weighted by molar-refractivity contribution is -0.118. The lowest BCUT2D eigenvalue weighted by Gasteiger charge is -2.42. The van der Waals surface area contributed by atoms with Gasteiger partial charge in [0, 0.05) is 39.9 Å². The van der Waals surface area contributed by atoms with Gasteiger partial charge in [-0.3, -0.25) is 4.79 Å². The van der Waals surface area contributed by atoms with Crippen molar-refractivity contribution in [2.45, 2.75) is 45.4 Å². The van der Waals surface area contributed by atoms with Crippen LogP contribution in [0.4, 0.5) is 0 Å². The van der Waals surface area contributed by atoms with Gasteiger partial charge in [0.2, 0.25) is 0 Å². The minimum Gasteiger partial charge on any atom is -0.358 e. The standard InChI is InChI=1S/C25H24ClNO/c1-25(2)13-20-23(21(28)14-25)22(16-7-10-17(26)11-8-16)19-12-9-15-5-3-4-6-18(15)24(19)27-20/h3-8,10-11,22,27H,9,12-14H2,1-2H3. The molecule has 0 saturated heterocycles. The van der Waals surface area contributed by atoms with Gasteiger partial charge in [-0.2, -0.15) is 0 Å². The summed E-state index contributed by atoms with van der Waals surface area (Å²) < 4.78 is 0. The fourth-order valence-electron chi connectivity index (χ4n) is 5.12. The molecule has 0 spiro atoms. The summed E-state index contributed by atoms with van der Waals surface area (Å²) in [4.78, 5) is 13.3. The van der Waals surface area contributed by atoms with Gasteiger partial charge in [-0.25, -0.2) is 0 Å². The second-order valence-corrected chi connectivity index (χ2v) is 9.44. The van der Waals surface area contributed by atoms with Gasteiger partial charge >= 0.3 is 0 Å². The van der Waals surface area contributed by atoms with Crippen LogP contribution in [0, 0.1) is 5.41 Å². The number of benzene rings is 2. The summed E-state index contributed by atoms with van der Waals surface area (Å²) in [5.74, 6) is 0.310. The number of rotatable bonds is 1. The highest BCUT2D eigenvalue weighted by atomic mass is 35.5. The lowest BCUT2D eigenvalue weighted by Crippen LogP contribution is -2.38. The van der Waals surface area contributed by atoms with Gasteiger partial charge in [0.25, 0.3) is 0 Å². The maximum absolute atomic E-state index is 13.3.